The largest absolute Gasteiger partial charge is 0.472 e. The Kier molecular flexibility index (Phi) is 6.33. The van der Waals surface area contributed by atoms with Crippen LogP contribution in [-0.2, 0) is 11.8 Å². The van der Waals surface area contributed by atoms with Gasteiger partial charge < -0.3 is 14.4 Å². The summed E-state index contributed by atoms with van der Waals surface area (Å²) in [6.07, 6.45) is 8.21. The van der Waals surface area contributed by atoms with E-state index in [2.05, 4.69) is 21.6 Å². The first-order valence-electron chi connectivity index (χ1n) is 10.3. The van der Waals surface area contributed by atoms with Crippen LogP contribution in [0.2, 0.25) is 0 Å². The number of fused-ring (bicyclic) bond motifs is 1. The number of amides is 1. The van der Waals surface area contributed by atoms with E-state index in [1.165, 1.54) is 0 Å². The quantitative estimate of drug-likeness (QED) is 0.571. The molecule has 0 saturated heterocycles. The van der Waals surface area contributed by atoms with Crippen LogP contribution in [0.4, 0.5) is 4.79 Å². The summed E-state index contributed by atoms with van der Waals surface area (Å²) in [5.41, 5.74) is 1.93. The number of aromatic nitrogens is 5. The van der Waals surface area contributed by atoms with Crippen LogP contribution >= 0.6 is 0 Å². The first kappa shape index (κ1) is 22.3. The zero-order valence-electron chi connectivity index (χ0n) is 19.0. The number of likely N-dealkylation sites (N-methyl/N-ethyl adjacent to an activating group) is 1. The van der Waals surface area contributed by atoms with Gasteiger partial charge in [-0.1, -0.05) is 6.58 Å². The van der Waals surface area contributed by atoms with E-state index in [1.54, 1.807) is 34.2 Å². The predicted octanol–water partition coefficient (Wildman–Crippen LogP) is 3.80. The molecule has 0 aromatic carbocycles. The van der Waals surface area contributed by atoms with Gasteiger partial charge in [0, 0.05) is 31.5 Å². The molecule has 166 valence electrons. The molecule has 0 N–H and O–H groups in total. The number of carbonyl (C=O) groups excluding carboxylic acids is 1. The van der Waals surface area contributed by atoms with Gasteiger partial charge in [-0.15, -0.1) is 0 Å². The fraction of sp³-hybridized carbons (Fsp3) is 0.455. The summed E-state index contributed by atoms with van der Waals surface area (Å²) >= 11 is 0. The Hall–Kier alpha value is -3.36. The summed E-state index contributed by atoms with van der Waals surface area (Å²) in [4.78, 5) is 22.8. The van der Waals surface area contributed by atoms with Crippen LogP contribution in [0.3, 0.4) is 0 Å². The number of rotatable bonds is 7. The van der Waals surface area contributed by atoms with Gasteiger partial charge in [0.1, 0.15) is 11.7 Å². The van der Waals surface area contributed by atoms with Crippen molar-refractivity contribution in [1.29, 1.82) is 0 Å². The van der Waals surface area contributed by atoms with Gasteiger partial charge in [0.15, 0.2) is 0 Å². The minimum atomic E-state index is -0.549. The van der Waals surface area contributed by atoms with Gasteiger partial charge >= 0.3 is 6.09 Å². The highest BCUT2D eigenvalue weighted by Gasteiger charge is 2.24. The van der Waals surface area contributed by atoms with Crippen molar-refractivity contribution in [2.24, 2.45) is 7.05 Å². The molecular formula is C22H30N6O3. The van der Waals surface area contributed by atoms with Crippen molar-refractivity contribution in [2.75, 3.05) is 13.1 Å². The molecule has 0 radical (unpaired) electrons. The molecule has 0 spiro atoms. The van der Waals surface area contributed by atoms with E-state index in [4.69, 9.17) is 9.47 Å². The van der Waals surface area contributed by atoms with Gasteiger partial charge in [0.25, 0.3) is 0 Å². The van der Waals surface area contributed by atoms with E-state index in [0.717, 1.165) is 16.8 Å². The van der Waals surface area contributed by atoms with Gasteiger partial charge in [-0.25, -0.2) is 19.4 Å². The lowest BCUT2D eigenvalue weighted by molar-refractivity contribution is 0.0188. The summed E-state index contributed by atoms with van der Waals surface area (Å²) in [6, 6.07) is 0. The molecule has 9 heteroatoms. The highest BCUT2D eigenvalue weighted by Crippen LogP contribution is 2.30. The molecule has 0 saturated carbocycles. The molecule has 0 unspecified atom stereocenters. The van der Waals surface area contributed by atoms with Crippen LogP contribution in [0.5, 0.6) is 5.88 Å². The molecule has 1 atom stereocenters. The van der Waals surface area contributed by atoms with Crippen LogP contribution in [-0.4, -0.2) is 59.9 Å². The standard InChI is InChI=1S/C22H30N6O3/c1-8-17-11-24-20-23-10-16(14-28(17)20)18-12-25-26(7)19(18)30-15(3)13-27(9-2)21(29)31-22(4,5)6/h8,10-12,14-15H,1,9,13H2,2-7H3/t15-/m0/s1. The van der Waals surface area contributed by atoms with Gasteiger partial charge in [-0.3, -0.25) is 4.40 Å². The molecule has 9 nitrogen and oxygen atoms in total. The Morgan fingerprint density at radius 1 is 1.29 bits per heavy atom. The van der Waals surface area contributed by atoms with E-state index in [9.17, 15) is 4.79 Å². The Morgan fingerprint density at radius 3 is 2.65 bits per heavy atom. The number of aryl methyl sites for hydroxylation is 1. The SMILES string of the molecule is C=Cc1cnc2ncc(-c3cnn(C)c3O[C@@H](C)CN(CC)C(=O)OC(C)(C)C)cn12. The maximum absolute atomic E-state index is 12.4. The Balaban J connectivity index is 1.81. The Bertz CT molecular complexity index is 1080. The van der Waals surface area contributed by atoms with Gasteiger partial charge in [-0.05, 0) is 40.7 Å². The monoisotopic (exact) mass is 426 g/mol. The number of hydrogen-bond donors (Lipinski definition) is 0. The minimum absolute atomic E-state index is 0.282. The third kappa shape index (κ3) is 5.04. The third-order valence-corrected chi connectivity index (χ3v) is 4.62. The maximum atomic E-state index is 12.4. The average molecular weight is 427 g/mol. The number of hydrogen-bond acceptors (Lipinski definition) is 6. The molecule has 0 bridgehead atoms. The Morgan fingerprint density at radius 2 is 2.00 bits per heavy atom. The van der Waals surface area contributed by atoms with Crippen molar-refractivity contribution in [2.45, 2.75) is 46.3 Å². The van der Waals surface area contributed by atoms with E-state index in [0.29, 0.717) is 24.7 Å². The zero-order chi connectivity index (χ0) is 22.8. The summed E-state index contributed by atoms with van der Waals surface area (Å²) in [5.74, 6) is 1.18. The second-order valence-electron chi connectivity index (χ2n) is 8.33. The van der Waals surface area contributed by atoms with Crippen molar-refractivity contribution in [1.82, 2.24) is 29.0 Å². The van der Waals surface area contributed by atoms with Crippen molar-refractivity contribution in [3.8, 4) is 17.0 Å². The lowest BCUT2D eigenvalue weighted by Gasteiger charge is -2.28. The molecule has 0 aliphatic rings. The number of imidazole rings is 1. The van der Waals surface area contributed by atoms with E-state index >= 15 is 0 Å². The second kappa shape index (κ2) is 8.79. The lowest BCUT2D eigenvalue weighted by atomic mass is 10.2. The van der Waals surface area contributed by atoms with Crippen molar-refractivity contribution in [3.63, 3.8) is 0 Å². The third-order valence-electron chi connectivity index (χ3n) is 4.62. The Labute approximate surface area is 182 Å². The van der Waals surface area contributed by atoms with E-state index in [1.807, 2.05) is 52.3 Å². The first-order chi connectivity index (χ1) is 14.6. The first-order valence-corrected chi connectivity index (χ1v) is 10.3. The van der Waals surface area contributed by atoms with Crippen molar-refractivity contribution in [3.05, 3.63) is 37.1 Å². The van der Waals surface area contributed by atoms with E-state index in [-0.39, 0.29) is 12.2 Å². The fourth-order valence-corrected chi connectivity index (χ4v) is 3.14. The summed E-state index contributed by atoms with van der Waals surface area (Å²) in [7, 11) is 1.81. The van der Waals surface area contributed by atoms with Gasteiger partial charge in [0.05, 0.1) is 30.2 Å². The highest BCUT2D eigenvalue weighted by atomic mass is 16.6. The number of carbonyl (C=O) groups is 1. The molecule has 3 aromatic heterocycles. The zero-order valence-corrected chi connectivity index (χ0v) is 19.0. The lowest BCUT2D eigenvalue weighted by Crippen LogP contribution is -2.41. The molecule has 31 heavy (non-hydrogen) atoms. The molecule has 0 aliphatic heterocycles. The number of nitrogens with zero attached hydrogens (tertiary/aromatic N) is 6. The molecule has 3 aromatic rings. The second-order valence-corrected chi connectivity index (χ2v) is 8.33. The number of ether oxygens (including phenoxy) is 2. The summed E-state index contributed by atoms with van der Waals surface area (Å²) in [5, 5.41) is 4.35. The fourth-order valence-electron chi connectivity index (χ4n) is 3.14. The molecule has 0 aliphatic carbocycles. The van der Waals surface area contributed by atoms with Gasteiger partial charge in [0.2, 0.25) is 11.7 Å². The molecule has 3 heterocycles. The molecule has 3 rings (SSSR count). The smallest absolute Gasteiger partial charge is 0.410 e. The van der Waals surface area contributed by atoms with Crippen molar-refractivity contribution < 1.29 is 14.3 Å². The molecule has 0 fully saturated rings. The van der Waals surface area contributed by atoms with Crippen LogP contribution in [0, 0.1) is 0 Å². The predicted molar refractivity (Wildman–Crippen MR) is 119 cm³/mol. The maximum Gasteiger partial charge on any atom is 0.410 e. The van der Waals surface area contributed by atoms with Crippen LogP contribution < -0.4 is 4.74 Å². The van der Waals surface area contributed by atoms with E-state index < -0.39 is 5.60 Å². The molecule has 1 amide bonds. The van der Waals surface area contributed by atoms with Crippen LogP contribution in [0.1, 0.15) is 40.3 Å². The average Bonchev–Trinajstić information content (AvgIpc) is 3.27. The van der Waals surface area contributed by atoms with Crippen LogP contribution in [0.25, 0.3) is 23.0 Å². The summed E-state index contributed by atoms with van der Waals surface area (Å²) < 4.78 is 15.2. The topological polar surface area (TPSA) is 86.8 Å². The minimum Gasteiger partial charge on any atom is -0.472 e. The summed E-state index contributed by atoms with van der Waals surface area (Å²) in [6.45, 7) is 14.1. The normalized spacial score (nSPS) is 12.6. The van der Waals surface area contributed by atoms with Crippen LogP contribution in [0.15, 0.2) is 31.4 Å². The molecular weight excluding hydrogens is 396 g/mol. The van der Waals surface area contributed by atoms with Crippen molar-refractivity contribution >= 4 is 17.9 Å². The highest BCUT2D eigenvalue weighted by molar-refractivity contribution is 5.69. The van der Waals surface area contributed by atoms with Gasteiger partial charge in [-0.2, -0.15) is 5.10 Å².